The van der Waals surface area contributed by atoms with Gasteiger partial charge >= 0.3 is 5.97 Å². The standard InChI is InChI=1S/C30H60O6/c1-3-5-7-8-9-10-11-12-13-14-15-16-17-19-21-32-22-23-33-24-25-34-26-27-35-28-29-36-30(31)20-18-6-4-2/h3-29H2,1-2H3. The first-order valence-electron chi connectivity index (χ1n) is 15.3. The zero-order valence-corrected chi connectivity index (χ0v) is 24.0. The van der Waals surface area contributed by atoms with Gasteiger partial charge in [0.15, 0.2) is 0 Å². The molecule has 0 aliphatic carbocycles. The number of carbonyl (C=O) groups excluding carboxylic acids is 1. The molecule has 0 aromatic heterocycles. The van der Waals surface area contributed by atoms with Crippen LogP contribution in [0.3, 0.4) is 0 Å². The maximum absolute atomic E-state index is 11.4. The van der Waals surface area contributed by atoms with Gasteiger partial charge in [-0.05, 0) is 12.8 Å². The number of hydrogen-bond donors (Lipinski definition) is 0. The van der Waals surface area contributed by atoms with Crippen LogP contribution in [0.2, 0.25) is 0 Å². The molecule has 6 heteroatoms. The number of esters is 1. The van der Waals surface area contributed by atoms with Crippen molar-refractivity contribution in [3.63, 3.8) is 0 Å². The fraction of sp³-hybridized carbons (Fsp3) is 0.967. The summed E-state index contributed by atoms with van der Waals surface area (Å²) in [5.74, 6) is -0.135. The summed E-state index contributed by atoms with van der Waals surface area (Å²) in [5.41, 5.74) is 0. The first-order chi connectivity index (χ1) is 17.8. The number of rotatable bonds is 31. The quantitative estimate of drug-likeness (QED) is 0.0696. The molecule has 0 fully saturated rings. The minimum absolute atomic E-state index is 0.135. The number of hydrogen-bond acceptors (Lipinski definition) is 6. The SMILES string of the molecule is CCCCCCCCCCCCCCCCOCCOCCOCCOCCOC(=O)CCCCC. The molecular formula is C30H60O6. The van der Waals surface area contributed by atoms with E-state index in [1.54, 1.807) is 0 Å². The van der Waals surface area contributed by atoms with Gasteiger partial charge < -0.3 is 23.7 Å². The molecular weight excluding hydrogens is 456 g/mol. The van der Waals surface area contributed by atoms with Crippen molar-refractivity contribution in [2.75, 3.05) is 59.5 Å². The van der Waals surface area contributed by atoms with Crippen LogP contribution in [0.5, 0.6) is 0 Å². The van der Waals surface area contributed by atoms with Crippen LogP contribution in [0, 0.1) is 0 Å². The third-order valence-electron chi connectivity index (χ3n) is 6.23. The highest BCUT2D eigenvalue weighted by molar-refractivity contribution is 5.69. The molecule has 0 N–H and O–H groups in total. The van der Waals surface area contributed by atoms with Gasteiger partial charge in [0.1, 0.15) is 6.61 Å². The van der Waals surface area contributed by atoms with Crippen molar-refractivity contribution in [3.8, 4) is 0 Å². The van der Waals surface area contributed by atoms with Gasteiger partial charge in [0.25, 0.3) is 0 Å². The Labute approximate surface area is 223 Å². The highest BCUT2D eigenvalue weighted by atomic mass is 16.6. The van der Waals surface area contributed by atoms with E-state index >= 15 is 0 Å². The molecule has 0 spiro atoms. The Morgan fingerprint density at radius 1 is 0.389 bits per heavy atom. The lowest BCUT2D eigenvalue weighted by Crippen LogP contribution is -2.14. The van der Waals surface area contributed by atoms with Gasteiger partial charge in [-0.15, -0.1) is 0 Å². The zero-order valence-electron chi connectivity index (χ0n) is 24.0. The summed E-state index contributed by atoms with van der Waals surface area (Å²) >= 11 is 0. The van der Waals surface area contributed by atoms with Gasteiger partial charge in [0, 0.05) is 13.0 Å². The van der Waals surface area contributed by atoms with Crippen LogP contribution in [-0.2, 0) is 28.5 Å². The Kier molecular flexibility index (Phi) is 31.7. The van der Waals surface area contributed by atoms with Crippen LogP contribution < -0.4 is 0 Å². The Balaban J connectivity index is 3.06. The number of ether oxygens (including phenoxy) is 5. The van der Waals surface area contributed by atoms with Gasteiger partial charge in [-0.3, -0.25) is 4.79 Å². The third kappa shape index (κ3) is 31.3. The second-order valence-corrected chi connectivity index (χ2v) is 9.72. The van der Waals surface area contributed by atoms with Crippen molar-refractivity contribution in [1.29, 1.82) is 0 Å². The zero-order chi connectivity index (χ0) is 26.2. The molecule has 0 saturated heterocycles. The van der Waals surface area contributed by atoms with E-state index in [0.717, 1.165) is 32.3 Å². The lowest BCUT2D eigenvalue weighted by Gasteiger charge is -2.08. The Morgan fingerprint density at radius 3 is 1.17 bits per heavy atom. The summed E-state index contributed by atoms with van der Waals surface area (Å²) in [6.45, 7) is 9.35. The lowest BCUT2D eigenvalue weighted by atomic mass is 10.0. The van der Waals surface area contributed by atoms with Crippen LogP contribution in [0.15, 0.2) is 0 Å². The second-order valence-electron chi connectivity index (χ2n) is 9.72. The Hall–Kier alpha value is -0.690. The summed E-state index contributed by atoms with van der Waals surface area (Å²) < 4.78 is 27.1. The molecule has 36 heavy (non-hydrogen) atoms. The van der Waals surface area contributed by atoms with E-state index in [-0.39, 0.29) is 5.97 Å². The average Bonchev–Trinajstić information content (AvgIpc) is 2.88. The van der Waals surface area contributed by atoms with Crippen molar-refractivity contribution < 1.29 is 28.5 Å². The molecule has 0 bridgehead atoms. The average molecular weight is 517 g/mol. The fourth-order valence-corrected chi connectivity index (χ4v) is 3.97. The lowest BCUT2D eigenvalue weighted by molar-refractivity contribution is -0.145. The normalized spacial score (nSPS) is 11.3. The monoisotopic (exact) mass is 516 g/mol. The van der Waals surface area contributed by atoms with Gasteiger partial charge in [-0.1, -0.05) is 110 Å². The molecule has 0 aromatic rings. The van der Waals surface area contributed by atoms with Gasteiger partial charge in [-0.25, -0.2) is 0 Å². The summed E-state index contributed by atoms with van der Waals surface area (Å²) in [6, 6.07) is 0. The number of carbonyl (C=O) groups is 1. The summed E-state index contributed by atoms with van der Waals surface area (Å²) in [7, 11) is 0. The molecule has 0 aliphatic heterocycles. The topological polar surface area (TPSA) is 63.2 Å². The molecule has 0 aromatic carbocycles. The minimum atomic E-state index is -0.135. The Bertz CT molecular complexity index is 418. The van der Waals surface area contributed by atoms with Crippen LogP contribution in [0.1, 0.15) is 129 Å². The van der Waals surface area contributed by atoms with E-state index in [2.05, 4.69) is 13.8 Å². The van der Waals surface area contributed by atoms with Crippen molar-refractivity contribution >= 4 is 5.97 Å². The van der Waals surface area contributed by atoms with Crippen LogP contribution in [0.4, 0.5) is 0 Å². The van der Waals surface area contributed by atoms with E-state index in [1.807, 2.05) is 0 Å². The molecule has 0 atom stereocenters. The third-order valence-corrected chi connectivity index (χ3v) is 6.23. The van der Waals surface area contributed by atoms with E-state index in [1.165, 1.54) is 83.5 Å². The van der Waals surface area contributed by atoms with Gasteiger partial charge in [0.2, 0.25) is 0 Å². The molecule has 0 amide bonds. The van der Waals surface area contributed by atoms with E-state index in [4.69, 9.17) is 23.7 Å². The van der Waals surface area contributed by atoms with Crippen molar-refractivity contribution in [2.45, 2.75) is 129 Å². The highest BCUT2D eigenvalue weighted by Gasteiger charge is 2.01. The predicted octanol–water partition coefficient (Wildman–Crippen LogP) is 7.66. The molecule has 0 saturated carbocycles. The first-order valence-corrected chi connectivity index (χ1v) is 15.3. The largest absolute Gasteiger partial charge is 0.463 e. The van der Waals surface area contributed by atoms with Crippen molar-refractivity contribution in [1.82, 2.24) is 0 Å². The summed E-state index contributed by atoms with van der Waals surface area (Å²) in [6.07, 6.45) is 22.9. The molecule has 0 radical (unpaired) electrons. The summed E-state index contributed by atoms with van der Waals surface area (Å²) in [4.78, 5) is 11.4. The van der Waals surface area contributed by atoms with E-state index in [0.29, 0.717) is 59.3 Å². The molecule has 0 unspecified atom stereocenters. The van der Waals surface area contributed by atoms with E-state index < -0.39 is 0 Å². The molecule has 6 nitrogen and oxygen atoms in total. The Morgan fingerprint density at radius 2 is 0.722 bits per heavy atom. The maximum atomic E-state index is 11.4. The highest BCUT2D eigenvalue weighted by Crippen LogP contribution is 2.13. The van der Waals surface area contributed by atoms with Gasteiger partial charge in [-0.2, -0.15) is 0 Å². The number of unbranched alkanes of at least 4 members (excludes halogenated alkanes) is 15. The van der Waals surface area contributed by atoms with Crippen molar-refractivity contribution in [3.05, 3.63) is 0 Å². The molecule has 216 valence electrons. The maximum Gasteiger partial charge on any atom is 0.305 e. The van der Waals surface area contributed by atoms with Crippen LogP contribution in [-0.4, -0.2) is 65.4 Å². The smallest absolute Gasteiger partial charge is 0.305 e. The molecule has 0 aliphatic rings. The van der Waals surface area contributed by atoms with Crippen molar-refractivity contribution in [2.24, 2.45) is 0 Å². The summed E-state index contributed by atoms with van der Waals surface area (Å²) in [5, 5.41) is 0. The first kappa shape index (κ1) is 35.3. The molecule has 0 heterocycles. The molecule has 0 rings (SSSR count). The second kappa shape index (κ2) is 32.3. The fourth-order valence-electron chi connectivity index (χ4n) is 3.97. The van der Waals surface area contributed by atoms with Crippen LogP contribution in [0.25, 0.3) is 0 Å². The van der Waals surface area contributed by atoms with Gasteiger partial charge in [0.05, 0.1) is 46.2 Å². The minimum Gasteiger partial charge on any atom is -0.463 e. The predicted molar refractivity (Wildman–Crippen MR) is 149 cm³/mol. The van der Waals surface area contributed by atoms with E-state index in [9.17, 15) is 4.79 Å². The van der Waals surface area contributed by atoms with Crippen LogP contribution >= 0.6 is 0 Å².